The summed E-state index contributed by atoms with van der Waals surface area (Å²) in [4.78, 5) is 20.8. The van der Waals surface area contributed by atoms with Crippen LogP contribution in [0.1, 0.15) is 23.2 Å². The van der Waals surface area contributed by atoms with Gasteiger partial charge in [0.25, 0.3) is 5.69 Å². The maximum atomic E-state index is 13.3. The molecule has 0 atom stereocenters. The SMILES string of the molecule is O=C(O)c1cc(NCC2CC2)c([N+](=O)[O-])cc1F. The van der Waals surface area contributed by atoms with Gasteiger partial charge in [0.05, 0.1) is 16.6 Å². The van der Waals surface area contributed by atoms with Crippen molar-refractivity contribution in [3.63, 3.8) is 0 Å². The van der Waals surface area contributed by atoms with Crippen molar-refractivity contribution in [3.8, 4) is 0 Å². The van der Waals surface area contributed by atoms with Crippen LogP contribution < -0.4 is 5.32 Å². The van der Waals surface area contributed by atoms with E-state index in [0.29, 0.717) is 18.5 Å². The first kappa shape index (κ1) is 12.3. The predicted octanol–water partition coefficient (Wildman–Crippen LogP) is 2.25. The Bertz CT molecular complexity index is 514. The van der Waals surface area contributed by atoms with E-state index in [1.54, 1.807) is 0 Å². The Labute approximate surface area is 102 Å². The summed E-state index contributed by atoms with van der Waals surface area (Å²) in [6, 6.07) is 1.61. The van der Waals surface area contributed by atoms with Crippen LogP contribution in [0.25, 0.3) is 0 Å². The number of anilines is 1. The molecule has 0 saturated heterocycles. The molecule has 1 aliphatic carbocycles. The van der Waals surface area contributed by atoms with Crippen molar-refractivity contribution in [1.29, 1.82) is 0 Å². The summed E-state index contributed by atoms with van der Waals surface area (Å²) in [5.41, 5.74) is -0.970. The van der Waals surface area contributed by atoms with Crippen molar-refractivity contribution in [3.05, 3.63) is 33.6 Å². The number of carbonyl (C=O) groups is 1. The second-order valence-electron chi connectivity index (χ2n) is 4.24. The number of nitrogens with zero attached hydrogens (tertiary/aromatic N) is 1. The lowest BCUT2D eigenvalue weighted by Gasteiger charge is -2.08. The predicted molar refractivity (Wildman–Crippen MR) is 61.2 cm³/mol. The number of rotatable bonds is 5. The molecule has 0 heterocycles. The van der Waals surface area contributed by atoms with E-state index in [9.17, 15) is 19.3 Å². The Morgan fingerprint density at radius 2 is 2.22 bits per heavy atom. The van der Waals surface area contributed by atoms with Crippen LogP contribution in [0.15, 0.2) is 12.1 Å². The van der Waals surface area contributed by atoms with Crippen molar-refractivity contribution >= 4 is 17.3 Å². The Morgan fingerprint density at radius 1 is 1.56 bits per heavy atom. The molecular weight excluding hydrogens is 243 g/mol. The minimum absolute atomic E-state index is 0.0469. The van der Waals surface area contributed by atoms with Crippen LogP contribution >= 0.6 is 0 Å². The largest absolute Gasteiger partial charge is 0.478 e. The van der Waals surface area contributed by atoms with Gasteiger partial charge in [-0.3, -0.25) is 10.1 Å². The van der Waals surface area contributed by atoms with Crippen LogP contribution in [-0.4, -0.2) is 22.5 Å². The van der Waals surface area contributed by atoms with Gasteiger partial charge >= 0.3 is 5.97 Å². The third-order valence-electron chi connectivity index (χ3n) is 2.79. The Balaban J connectivity index is 2.34. The number of benzene rings is 1. The zero-order valence-electron chi connectivity index (χ0n) is 9.35. The number of carboxylic acid groups (broad SMARTS) is 1. The molecule has 96 valence electrons. The lowest BCUT2D eigenvalue weighted by molar-refractivity contribution is -0.384. The molecule has 0 radical (unpaired) electrons. The van der Waals surface area contributed by atoms with E-state index >= 15 is 0 Å². The van der Waals surface area contributed by atoms with Crippen LogP contribution in [0.3, 0.4) is 0 Å². The average molecular weight is 254 g/mol. The number of halogens is 1. The van der Waals surface area contributed by atoms with Crippen molar-refractivity contribution in [2.24, 2.45) is 5.92 Å². The normalized spacial score (nSPS) is 14.3. The third-order valence-corrected chi connectivity index (χ3v) is 2.79. The second-order valence-corrected chi connectivity index (χ2v) is 4.24. The molecule has 1 aromatic rings. The van der Waals surface area contributed by atoms with Crippen molar-refractivity contribution in [2.45, 2.75) is 12.8 Å². The Morgan fingerprint density at radius 3 is 2.72 bits per heavy atom. The highest BCUT2D eigenvalue weighted by molar-refractivity contribution is 5.90. The molecule has 6 nitrogen and oxygen atoms in total. The Hall–Kier alpha value is -2.18. The van der Waals surface area contributed by atoms with Gasteiger partial charge in [-0.1, -0.05) is 0 Å². The molecule has 1 aliphatic rings. The molecule has 18 heavy (non-hydrogen) atoms. The molecule has 0 amide bonds. The summed E-state index contributed by atoms with van der Waals surface area (Å²) >= 11 is 0. The fourth-order valence-electron chi connectivity index (χ4n) is 1.60. The number of nitro benzene ring substituents is 1. The highest BCUT2D eigenvalue weighted by Gasteiger charge is 2.25. The van der Waals surface area contributed by atoms with Crippen molar-refractivity contribution in [1.82, 2.24) is 0 Å². The Kier molecular flexibility index (Phi) is 3.14. The van der Waals surface area contributed by atoms with Crippen molar-refractivity contribution < 1.29 is 19.2 Å². The van der Waals surface area contributed by atoms with Gasteiger partial charge in [-0.2, -0.15) is 0 Å². The van der Waals surface area contributed by atoms with Crippen LogP contribution in [0.4, 0.5) is 15.8 Å². The maximum absolute atomic E-state index is 13.3. The fourth-order valence-corrected chi connectivity index (χ4v) is 1.60. The van der Waals surface area contributed by atoms with Crippen LogP contribution in [0.2, 0.25) is 0 Å². The van der Waals surface area contributed by atoms with Gasteiger partial charge in [0.15, 0.2) is 0 Å². The molecule has 0 bridgehead atoms. The van der Waals surface area contributed by atoms with Gasteiger partial charge in [-0.05, 0) is 24.8 Å². The molecular formula is C11H11FN2O4. The molecule has 7 heteroatoms. The molecule has 1 fully saturated rings. The van der Waals surface area contributed by atoms with E-state index in [1.807, 2.05) is 0 Å². The monoisotopic (exact) mass is 254 g/mol. The number of carboxylic acids is 1. The van der Waals surface area contributed by atoms with Gasteiger partial charge in [-0.15, -0.1) is 0 Å². The quantitative estimate of drug-likeness (QED) is 0.621. The zero-order valence-corrected chi connectivity index (χ0v) is 9.35. The highest BCUT2D eigenvalue weighted by Crippen LogP contribution is 2.32. The van der Waals surface area contributed by atoms with E-state index in [2.05, 4.69) is 5.32 Å². The van der Waals surface area contributed by atoms with Crippen molar-refractivity contribution in [2.75, 3.05) is 11.9 Å². The number of hydrogen-bond donors (Lipinski definition) is 2. The summed E-state index contributed by atoms with van der Waals surface area (Å²) in [5.74, 6) is -2.09. The van der Waals surface area contributed by atoms with Gasteiger partial charge in [0.1, 0.15) is 11.5 Å². The van der Waals surface area contributed by atoms with E-state index in [0.717, 1.165) is 18.9 Å². The lowest BCUT2D eigenvalue weighted by atomic mass is 10.1. The summed E-state index contributed by atoms with van der Waals surface area (Å²) in [6.07, 6.45) is 2.10. The average Bonchev–Trinajstić information content (AvgIpc) is 3.10. The molecule has 1 saturated carbocycles. The van der Waals surface area contributed by atoms with E-state index < -0.39 is 28.0 Å². The molecule has 2 N–H and O–H groups in total. The number of aromatic carboxylic acids is 1. The maximum Gasteiger partial charge on any atom is 0.338 e. The number of hydrogen-bond acceptors (Lipinski definition) is 4. The van der Waals surface area contributed by atoms with E-state index in [4.69, 9.17) is 5.11 Å². The number of nitrogens with one attached hydrogen (secondary N) is 1. The standard InChI is InChI=1S/C11H11FN2O4/c12-8-4-10(14(17)18)9(3-7(8)11(15)16)13-5-6-1-2-6/h3-4,6,13H,1-2,5H2,(H,15,16). The second kappa shape index (κ2) is 4.59. The minimum atomic E-state index is -1.45. The van der Waals surface area contributed by atoms with Gasteiger partial charge in [-0.25, -0.2) is 9.18 Å². The third kappa shape index (κ3) is 2.55. The zero-order chi connectivity index (χ0) is 13.3. The molecule has 0 unspecified atom stereocenters. The van der Waals surface area contributed by atoms with Gasteiger partial charge < -0.3 is 10.4 Å². The van der Waals surface area contributed by atoms with Crippen LogP contribution in [0, 0.1) is 21.8 Å². The molecule has 1 aromatic carbocycles. The first-order chi connectivity index (χ1) is 8.49. The smallest absolute Gasteiger partial charge is 0.338 e. The van der Waals surface area contributed by atoms with Gasteiger partial charge in [0, 0.05) is 6.54 Å². The molecule has 2 rings (SSSR count). The van der Waals surface area contributed by atoms with E-state index in [-0.39, 0.29) is 5.69 Å². The molecule has 0 aromatic heterocycles. The first-order valence-corrected chi connectivity index (χ1v) is 5.44. The van der Waals surface area contributed by atoms with Crippen LogP contribution in [-0.2, 0) is 0 Å². The molecule has 0 aliphatic heterocycles. The lowest BCUT2D eigenvalue weighted by Crippen LogP contribution is -2.09. The van der Waals surface area contributed by atoms with Crippen LogP contribution in [0.5, 0.6) is 0 Å². The fraction of sp³-hybridized carbons (Fsp3) is 0.364. The minimum Gasteiger partial charge on any atom is -0.478 e. The number of nitro groups is 1. The summed E-state index contributed by atoms with van der Waals surface area (Å²) < 4.78 is 13.3. The van der Waals surface area contributed by atoms with E-state index in [1.165, 1.54) is 0 Å². The summed E-state index contributed by atoms with van der Waals surface area (Å²) in [6.45, 7) is 0.533. The summed E-state index contributed by atoms with van der Waals surface area (Å²) in [7, 11) is 0. The molecule has 0 spiro atoms. The first-order valence-electron chi connectivity index (χ1n) is 5.44. The highest BCUT2D eigenvalue weighted by atomic mass is 19.1. The van der Waals surface area contributed by atoms with Gasteiger partial charge in [0.2, 0.25) is 0 Å². The summed E-state index contributed by atoms with van der Waals surface area (Å²) in [5, 5.41) is 22.3. The topological polar surface area (TPSA) is 92.5 Å².